The van der Waals surface area contributed by atoms with E-state index in [1.165, 1.54) is 12.5 Å². The largest absolute Gasteiger partial charge is 0.335 e. The third kappa shape index (κ3) is 5.77. The van der Waals surface area contributed by atoms with Crippen LogP contribution in [0.2, 0.25) is 0 Å². The Labute approximate surface area is 214 Å². The van der Waals surface area contributed by atoms with E-state index in [-0.39, 0.29) is 47.8 Å². The van der Waals surface area contributed by atoms with Gasteiger partial charge in [0.1, 0.15) is 17.4 Å². The van der Waals surface area contributed by atoms with Crippen LogP contribution in [-0.2, 0) is 9.59 Å². The predicted octanol–water partition coefficient (Wildman–Crippen LogP) is 5.42. The lowest BCUT2D eigenvalue weighted by Crippen LogP contribution is -2.42. The third-order valence-electron chi connectivity index (χ3n) is 8.13. The molecule has 1 aliphatic carbocycles. The van der Waals surface area contributed by atoms with Gasteiger partial charge >= 0.3 is 0 Å². The van der Waals surface area contributed by atoms with Crippen molar-refractivity contribution in [3.05, 3.63) is 54.0 Å². The summed E-state index contributed by atoms with van der Waals surface area (Å²) >= 11 is 0. The van der Waals surface area contributed by atoms with E-state index in [9.17, 15) is 9.59 Å². The van der Waals surface area contributed by atoms with Gasteiger partial charge < -0.3 is 15.1 Å². The standard InChI is InChI=1S/C29H39FN4O2/c1-20(31-2)27(35)19-23(21-10-5-4-6-11-21)29(36)34-17-9-12-26(34)24-18-22(14-15-25(24)30)33(3)28-13-7-8-16-32-28/h7-8,13-16,18,20-21,23,26,31H,4-6,9-12,17,19H2,1-3H3/t20-,23-,26-/m0/s1. The highest BCUT2D eigenvalue weighted by molar-refractivity contribution is 5.90. The molecule has 7 heteroatoms. The summed E-state index contributed by atoms with van der Waals surface area (Å²) in [6, 6.07) is 10.2. The first-order valence-electron chi connectivity index (χ1n) is 13.4. The molecule has 0 radical (unpaired) electrons. The van der Waals surface area contributed by atoms with Gasteiger partial charge in [-0.15, -0.1) is 0 Å². The zero-order valence-corrected chi connectivity index (χ0v) is 21.8. The van der Waals surface area contributed by atoms with Crippen LogP contribution in [0.1, 0.15) is 69.9 Å². The molecule has 1 N–H and O–H groups in total. The van der Waals surface area contributed by atoms with Crippen LogP contribution >= 0.6 is 0 Å². The van der Waals surface area contributed by atoms with Crippen LogP contribution in [0.15, 0.2) is 42.6 Å². The number of nitrogens with one attached hydrogen (secondary N) is 1. The molecule has 1 saturated carbocycles. The number of pyridine rings is 1. The van der Waals surface area contributed by atoms with Gasteiger partial charge in [-0.2, -0.15) is 0 Å². The second-order valence-corrected chi connectivity index (χ2v) is 10.3. The van der Waals surface area contributed by atoms with Crippen molar-refractivity contribution in [3.63, 3.8) is 0 Å². The Morgan fingerprint density at radius 1 is 1.14 bits per heavy atom. The summed E-state index contributed by atoms with van der Waals surface area (Å²) in [6.45, 7) is 2.45. The van der Waals surface area contributed by atoms with Crippen molar-refractivity contribution < 1.29 is 14.0 Å². The Morgan fingerprint density at radius 2 is 1.92 bits per heavy atom. The lowest BCUT2D eigenvalue weighted by atomic mass is 9.76. The van der Waals surface area contributed by atoms with Crippen molar-refractivity contribution in [1.82, 2.24) is 15.2 Å². The molecular weight excluding hydrogens is 455 g/mol. The zero-order chi connectivity index (χ0) is 25.7. The highest BCUT2D eigenvalue weighted by atomic mass is 19.1. The number of hydrogen-bond acceptors (Lipinski definition) is 5. The number of likely N-dealkylation sites (tertiary alicyclic amines) is 1. The van der Waals surface area contributed by atoms with Gasteiger partial charge in [0.05, 0.1) is 12.1 Å². The fourth-order valence-corrected chi connectivity index (χ4v) is 5.79. The number of halogens is 1. The first-order chi connectivity index (χ1) is 17.4. The Hall–Kier alpha value is -2.80. The van der Waals surface area contributed by atoms with Gasteiger partial charge in [-0.3, -0.25) is 9.59 Å². The molecule has 2 heterocycles. The summed E-state index contributed by atoms with van der Waals surface area (Å²) in [5.41, 5.74) is 1.37. The van der Waals surface area contributed by atoms with E-state index in [0.29, 0.717) is 12.1 Å². The summed E-state index contributed by atoms with van der Waals surface area (Å²) in [5, 5.41) is 3.02. The van der Waals surface area contributed by atoms with E-state index < -0.39 is 0 Å². The number of anilines is 2. The highest BCUT2D eigenvalue weighted by Gasteiger charge is 2.40. The predicted molar refractivity (Wildman–Crippen MR) is 141 cm³/mol. The number of amides is 1. The summed E-state index contributed by atoms with van der Waals surface area (Å²) in [7, 11) is 3.68. The molecule has 6 nitrogen and oxygen atoms in total. The van der Waals surface area contributed by atoms with Gasteiger partial charge in [-0.1, -0.05) is 25.3 Å². The van der Waals surface area contributed by atoms with Crippen LogP contribution in [0.25, 0.3) is 0 Å². The molecule has 36 heavy (non-hydrogen) atoms. The molecule has 1 aromatic carbocycles. The fourth-order valence-electron chi connectivity index (χ4n) is 5.79. The van der Waals surface area contributed by atoms with Crippen molar-refractivity contribution in [2.24, 2.45) is 11.8 Å². The fraction of sp³-hybridized carbons (Fsp3) is 0.552. The molecule has 1 saturated heterocycles. The number of ketones is 1. The molecule has 1 amide bonds. The number of hydrogen-bond donors (Lipinski definition) is 1. The van der Waals surface area contributed by atoms with Crippen LogP contribution < -0.4 is 10.2 Å². The van der Waals surface area contributed by atoms with Crippen LogP contribution in [0.3, 0.4) is 0 Å². The van der Waals surface area contributed by atoms with E-state index in [4.69, 9.17) is 0 Å². The van der Waals surface area contributed by atoms with E-state index in [1.54, 1.807) is 19.3 Å². The molecule has 2 aliphatic rings. The second kappa shape index (κ2) is 12.0. The Balaban J connectivity index is 1.60. The molecule has 1 aromatic heterocycles. The van der Waals surface area contributed by atoms with E-state index in [0.717, 1.165) is 50.0 Å². The maximum atomic E-state index is 15.2. The molecule has 0 unspecified atom stereocenters. The van der Waals surface area contributed by atoms with Gasteiger partial charge in [0.2, 0.25) is 5.91 Å². The Kier molecular flexibility index (Phi) is 8.72. The quantitative estimate of drug-likeness (QED) is 0.505. The minimum absolute atomic E-state index is 0.0175. The number of likely N-dealkylation sites (N-methyl/N-ethyl adjacent to an activating group) is 1. The SMILES string of the molecule is CN[C@@H](C)C(=O)C[C@H](C(=O)N1CCC[C@H]1c1cc(N(C)c2ccccn2)ccc1F)C1CCCCC1. The van der Waals surface area contributed by atoms with Gasteiger partial charge in [0, 0.05) is 43.4 Å². The molecule has 0 bridgehead atoms. The average molecular weight is 495 g/mol. The smallest absolute Gasteiger partial charge is 0.226 e. The lowest BCUT2D eigenvalue weighted by Gasteiger charge is -2.35. The second-order valence-electron chi connectivity index (χ2n) is 10.3. The Morgan fingerprint density at radius 3 is 2.61 bits per heavy atom. The average Bonchev–Trinajstić information content (AvgIpc) is 3.41. The monoisotopic (exact) mass is 494 g/mol. The minimum Gasteiger partial charge on any atom is -0.335 e. The molecule has 3 atom stereocenters. The molecule has 1 aliphatic heterocycles. The van der Waals surface area contributed by atoms with Crippen LogP contribution in [0.4, 0.5) is 15.9 Å². The third-order valence-corrected chi connectivity index (χ3v) is 8.13. The molecule has 2 aromatic rings. The first-order valence-corrected chi connectivity index (χ1v) is 13.4. The normalized spacial score (nSPS) is 20.2. The highest BCUT2D eigenvalue weighted by Crippen LogP contribution is 2.40. The summed E-state index contributed by atoms with van der Waals surface area (Å²) < 4.78 is 15.2. The van der Waals surface area contributed by atoms with Gasteiger partial charge in [0.15, 0.2) is 0 Å². The van der Waals surface area contributed by atoms with E-state index in [1.807, 2.05) is 48.0 Å². The van der Waals surface area contributed by atoms with Gasteiger partial charge in [-0.25, -0.2) is 9.37 Å². The number of carbonyl (C=O) groups is 2. The molecular formula is C29H39FN4O2. The van der Waals surface area contributed by atoms with Crippen molar-refractivity contribution in [1.29, 1.82) is 0 Å². The molecule has 2 fully saturated rings. The van der Waals surface area contributed by atoms with Crippen LogP contribution in [-0.4, -0.2) is 48.3 Å². The van der Waals surface area contributed by atoms with Gasteiger partial charge in [0.25, 0.3) is 0 Å². The van der Waals surface area contributed by atoms with Crippen molar-refractivity contribution in [2.75, 3.05) is 25.5 Å². The number of carbonyl (C=O) groups excluding carboxylic acids is 2. The number of nitrogens with zero attached hydrogens (tertiary/aromatic N) is 3. The maximum absolute atomic E-state index is 15.2. The number of benzene rings is 1. The van der Waals surface area contributed by atoms with E-state index >= 15 is 4.39 Å². The topological polar surface area (TPSA) is 65.5 Å². The molecule has 0 spiro atoms. The van der Waals surface area contributed by atoms with E-state index in [2.05, 4.69) is 10.3 Å². The van der Waals surface area contributed by atoms with Crippen LogP contribution in [0, 0.1) is 17.7 Å². The van der Waals surface area contributed by atoms with Gasteiger partial charge in [-0.05, 0) is 75.9 Å². The van der Waals surface area contributed by atoms with Crippen molar-refractivity contribution in [3.8, 4) is 0 Å². The molecule has 4 rings (SSSR count). The molecule has 194 valence electrons. The lowest BCUT2D eigenvalue weighted by molar-refractivity contribution is -0.141. The first kappa shape index (κ1) is 26.3. The van der Waals surface area contributed by atoms with Crippen molar-refractivity contribution >= 4 is 23.2 Å². The van der Waals surface area contributed by atoms with Crippen LogP contribution in [0.5, 0.6) is 0 Å². The number of Topliss-reactive ketones (excluding diaryl/α,β-unsaturated/α-hetero) is 1. The van der Waals surface area contributed by atoms with Crippen molar-refractivity contribution in [2.45, 2.75) is 70.4 Å². The number of aromatic nitrogens is 1. The number of rotatable bonds is 9. The zero-order valence-electron chi connectivity index (χ0n) is 21.8. The maximum Gasteiger partial charge on any atom is 0.226 e. The minimum atomic E-state index is -0.336. The Bertz CT molecular complexity index is 1040. The summed E-state index contributed by atoms with van der Waals surface area (Å²) in [4.78, 5) is 35.1. The summed E-state index contributed by atoms with van der Waals surface area (Å²) in [6.07, 6.45) is 8.88. The summed E-state index contributed by atoms with van der Waals surface area (Å²) in [5.74, 6) is 0.436.